The highest BCUT2D eigenvalue weighted by Crippen LogP contribution is 2.32. The van der Waals surface area contributed by atoms with Crippen LogP contribution in [0, 0.1) is 5.92 Å². The van der Waals surface area contributed by atoms with Crippen molar-refractivity contribution < 1.29 is 4.79 Å². The second-order valence-electron chi connectivity index (χ2n) is 5.80. The lowest BCUT2D eigenvalue weighted by molar-refractivity contribution is -0.116. The Bertz CT molecular complexity index is 634. The molecular formula is C17H20N2OS. The summed E-state index contributed by atoms with van der Waals surface area (Å²) in [6.07, 6.45) is 1.40. The van der Waals surface area contributed by atoms with Crippen molar-refractivity contribution in [3.8, 4) is 0 Å². The van der Waals surface area contributed by atoms with Gasteiger partial charge in [-0.25, -0.2) is 0 Å². The third kappa shape index (κ3) is 3.10. The van der Waals surface area contributed by atoms with Gasteiger partial charge in [0.1, 0.15) is 0 Å². The van der Waals surface area contributed by atoms with E-state index in [1.165, 1.54) is 10.4 Å². The smallest absolute Gasteiger partial charge is 0.224 e. The van der Waals surface area contributed by atoms with Crippen molar-refractivity contribution in [2.75, 3.05) is 10.6 Å². The van der Waals surface area contributed by atoms with Gasteiger partial charge in [-0.2, -0.15) is 0 Å². The maximum atomic E-state index is 11.4. The van der Waals surface area contributed by atoms with Gasteiger partial charge in [-0.1, -0.05) is 19.9 Å². The first-order valence-electron chi connectivity index (χ1n) is 7.36. The summed E-state index contributed by atoms with van der Waals surface area (Å²) in [4.78, 5) is 12.8. The predicted octanol–water partition coefficient (Wildman–Crippen LogP) is 4.44. The molecule has 1 aromatic heterocycles. The molecule has 0 bridgehead atoms. The second-order valence-corrected chi connectivity index (χ2v) is 6.78. The summed E-state index contributed by atoms with van der Waals surface area (Å²) in [5, 5.41) is 8.69. The minimum Gasteiger partial charge on any atom is -0.377 e. The van der Waals surface area contributed by atoms with E-state index in [-0.39, 0.29) is 5.91 Å². The van der Waals surface area contributed by atoms with Crippen LogP contribution in [0.4, 0.5) is 11.4 Å². The summed E-state index contributed by atoms with van der Waals surface area (Å²) < 4.78 is 0. The van der Waals surface area contributed by atoms with Gasteiger partial charge in [-0.15, -0.1) is 11.3 Å². The summed E-state index contributed by atoms with van der Waals surface area (Å²) in [6.45, 7) is 4.46. The molecule has 2 heterocycles. The van der Waals surface area contributed by atoms with Crippen LogP contribution in [-0.2, 0) is 11.2 Å². The molecule has 1 unspecified atom stereocenters. The van der Waals surface area contributed by atoms with Crippen molar-refractivity contribution in [3.63, 3.8) is 0 Å². The largest absolute Gasteiger partial charge is 0.377 e. The number of carbonyl (C=O) groups excluding carboxylic acids is 1. The predicted molar refractivity (Wildman–Crippen MR) is 88.9 cm³/mol. The van der Waals surface area contributed by atoms with Gasteiger partial charge in [-0.3, -0.25) is 4.79 Å². The minimum absolute atomic E-state index is 0.113. The van der Waals surface area contributed by atoms with E-state index in [9.17, 15) is 4.79 Å². The zero-order valence-corrected chi connectivity index (χ0v) is 13.2. The second kappa shape index (κ2) is 5.90. The molecule has 0 aliphatic carbocycles. The number of benzene rings is 1. The molecule has 0 saturated heterocycles. The molecule has 3 nitrogen and oxygen atoms in total. The average Bonchev–Trinajstić information content (AvgIpc) is 2.98. The average molecular weight is 300 g/mol. The van der Waals surface area contributed by atoms with Crippen LogP contribution in [0.15, 0.2) is 35.7 Å². The van der Waals surface area contributed by atoms with Crippen molar-refractivity contribution in [2.24, 2.45) is 5.92 Å². The third-order valence-electron chi connectivity index (χ3n) is 3.84. The SMILES string of the molecule is CC(C)C(Nc1ccc2c(c1)CCC(=O)N2)c1cccs1. The molecule has 4 heteroatoms. The van der Waals surface area contributed by atoms with E-state index in [0.29, 0.717) is 18.4 Å². The van der Waals surface area contributed by atoms with Gasteiger partial charge in [0, 0.05) is 22.7 Å². The molecule has 1 aromatic carbocycles. The lowest BCUT2D eigenvalue weighted by atomic mass is 10.00. The number of thiophene rings is 1. The number of aryl methyl sites for hydroxylation is 1. The summed E-state index contributed by atoms with van der Waals surface area (Å²) in [6, 6.07) is 10.8. The number of nitrogens with one attached hydrogen (secondary N) is 2. The molecular weight excluding hydrogens is 280 g/mol. The van der Waals surface area contributed by atoms with E-state index in [2.05, 4.69) is 48.1 Å². The molecule has 2 N–H and O–H groups in total. The molecule has 0 saturated carbocycles. The third-order valence-corrected chi connectivity index (χ3v) is 4.79. The molecule has 1 amide bonds. The normalized spacial score (nSPS) is 15.5. The van der Waals surface area contributed by atoms with Crippen LogP contribution in [0.5, 0.6) is 0 Å². The van der Waals surface area contributed by atoms with E-state index in [1.807, 2.05) is 12.1 Å². The van der Waals surface area contributed by atoms with Crippen molar-refractivity contribution in [1.82, 2.24) is 0 Å². The Kier molecular flexibility index (Phi) is 3.97. The number of hydrogen-bond donors (Lipinski definition) is 2. The summed E-state index contributed by atoms with van der Waals surface area (Å²) in [5.41, 5.74) is 3.29. The van der Waals surface area contributed by atoms with Gasteiger partial charge in [-0.05, 0) is 47.5 Å². The zero-order valence-electron chi connectivity index (χ0n) is 12.3. The topological polar surface area (TPSA) is 41.1 Å². The Morgan fingerprint density at radius 3 is 2.81 bits per heavy atom. The van der Waals surface area contributed by atoms with Crippen LogP contribution in [0.1, 0.15) is 36.8 Å². The number of fused-ring (bicyclic) bond motifs is 1. The van der Waals surface area contributed by atoms with Gasteiger partial charge < -0.3 is 10.6 Å². The van der Waals surface area contributed by atoms with Crippen LogP contribution in [0.2, 0.25) is 0 Å². The Balaban J connectivity index is 1.82. The monoisotopic (exact) mass is 300 g/mol. The molecule has 0 spiro atoms. The fourth-order valence-corrected chi connectivity index (χ4v) is 3.64. The van der Waals surface area contributed by atoms with Gasteiger partial charge in [0.05, 0.1) is 6.04 Å². The first-order chi connectivity index (χ1) is 10.1. The van der Waals surface area contributed by atoms with E-state index in [0.717, 1.165) is 17.8 Å². The number of anilines is 2. The van der Waals surface area contributed by atoms with Crippen molar-refractivity contribution in [2.45, 2.75) is 32.7 Å². The van der Waals surface area contributed by atoms with E-state index >= 15 is 0 Å². The molecule has 3 rings (SSSR count). The minimum atomic E-state index is 0.113. The van der Waals surface area contributed by atoms with Crippen molar-refractivity contribution in [3.05, 3.63) is 46.2 Å². The maximum absolute atomic E-state index is 11.4. The highest BCUT2D eigenvalue weighted by molar-refractivity contribution is 7.10. The van der Waals surface area contributed by atoms with Crippen LogP contribution in [-0.4, -0.2) is 5.91 Å². The van der Waals surface area contributed by atoms with E-state index in [4.69, 9.17) is 0 Å². The van der Waals surface area contributed by atoms with Gasteiger partial charge in [0.15, 0.2) is 0 Å². The number of hydrogen-bond acceptors (Lipinski definition) is 3. The molecule has 0 radical (unpaired) electrons. The Labute approximate surface area is 129 Å². The number of amides is 1. The molecule has 1 aliphatic rings. The Hall–Kier alpha value is -1.81. The molecule has 110 valence electrons. The lowest BCUT2D eigenvalue weighted by Gasteiger charge is -2.24. The highest BCUT2D eigenvalue weighted by Gasteiger charge is 2.19. The van der Waals surface area contributed by atoms with Gasteiger partial charge >= 0.3 is 0 Å². The molecule has 2 aromatic rings. The standard InChI is InChI=1S/C17H20N2OS/c1-11(2)17(15-4-3-9-21-15)18-13-6-7-14-12(10-13)5-8-16(20)19-14/h3-4,6-7,9-11,17-18H,5,8H2,1-2H3,(H,19,20). The first-order valence-corrected chi connectivity index (χ1v) is 8.24. The van der Waals surface area contributed by atoms with Gasteiger partial charge in [0.2, 0.25) is 5.91 Å². The van der Waals surface area contributed by atoms with Crippen LogP contribution in [0.25, 0.3) is 0 Å². The lowest BCUT2D eigenvalue weighted by Crippen LogP contribution is -2.20. The van der Waals surface area contributed by atoms with Gasteiger partial charge in [0.25, 0.3) is 0 Å². The molecule has 0 fully saturated rings. The van der Waals surface area contributed by atoms with Crippen molar-refractivity contribution in [1.29, 1.82) is 0 Å². The molecule has 1 atom stereocenters. The molecule has 21 heavy (non-hydrogen) atoms. The highest BCUT2D eigenvalue weighted by atomic mass is 32.1. The summed E-state index contributed by atoms with van der Waals surface area (Å²) >= 11 is 1.79. The quantitative estimate of drug-likeness (QED) is 0.876. The summed E-state index contributed by atoms with van der Waals surface area (Å²) in [5.74, 6) is 0.626. The Morgan fingerprint density at radius 1 is 1.24 bits per heavy atom. The van der Waals surface area contributed by atoms with E-state index < -0.39 is 0 Å². The molecule has 1 aliphatic heterocycles. The fraction of sp³-hybridized carbons (Fsp3) is 0.353. The number of rotatable bonds is 4. The Morgan fingerprint density at radius 2 is 2.10 bits per heavy atom. The van der Waals surface area contributed by atoms with Crippen LogP contribution in [0.3, 0.4) is 0 Å². The first kappa shape index (κ1) is 14.1. The zero-order chi connectivity index (χ0) is 14.8. The maximum Gasteiger partial charge on any atom is 0.224 e. The summed E-state index contributed by atoms with van der Waals surface area (Å²) in [7, 11) is 0. The van der Waals surface area contributed by atoms with Crippen LogP contribution < -0.4 is 10.6 Å². The van der Waals surface area contributed by atoms with Crippen LogP contribution >= 0.6 is 11.3 Å². The fourth-order valence-electron chi connectivity index (χ4n) is 2.69. The van der Waals surface area contributed by atoms with E-state index in [1.54, 1.807) is 11.3 Å². The van der Waals surface area contributed by atoms with Crippen molar-refractivity contribution >= 4 is 28.6 Å². The number of carbonyl (C=O) groups is 1.